The lowest BCUT2D eigenvalue weighted by molar-refractivity contribution is -0.388. The molecular formula is C44H20F6N4O14S4. The number of alkyl halides is 6. The van der Waals surface area contributed by atoms with Crippen LogP contribution in [-0.2, 0) is 41.2 Å². The van der Waals surface area contributed by atoms with Crippen molar-refractivity contribution in [1.82, 2.24) is 10.1 Å². The van der Waals surface area contributed by atoms with Crippen molar-refractivity contribution in [2.45, 2.75) is 41.7 Å². The van der Waals surface area contributed by atoms with Gasteiger partial charge in [0.2, 0.25) is 0 Å². The van der Waals surface area contributed by atoms with E-state index in [0.717, 1.165) is 0 Å². The molecule has 0 saturated heterocycles. The Labute approximate surface area is 406 Å². The third-order valence-corrected chi connectivity index (χ3v) is 15.4. The zero-order valence-corrected chi connectivity index (χ0v) is 38.2. The van der Waals surface area contributed by atoms with E-state index < -0.39 is 98.4 Å². The molecule has 7 aromatic rings. The molecule has 28 heteroatoms. The fourth-order valence-corrected chi connectivity index (χ4v) is 11.8. The van der Waals surface area contributed by atoms with Gasteiger partial charge in [0.25, 0.3) is 35.0 Å². The van der Waals surface area contributed by atoms with Crippen molar-refractivity contribution in [3.63, 3.8) is 0 Å². The molecule has 0 aromatic heterocycles. The van der Waals surface area contributed by atoms with Crippen LogP contribution in [0, 0.1) is 20.2 Å². The van der Waals surface area contributed by atoms with Gasteiger partial charge in [-0.2, -0.15) is 43.2 Å². The Hall–Kier alpha value is -7.76. The summed E-state index contributed by atoms with van der Waals surface area (Å²) in [5, 5.41) is 23.8. The van der Waals surface area contributed by atoms with Crippen LogP contribution >= 0.6 is 23.5 Å². The standard InChI is InChI=1S/C44H20F6N4O14S4/c45-43(46,47)21-10-16-35(31(18-21)53(59)60)71(63,64)67-51-39(55)27-8-2-6-25-33(14-12-29(37(25)27)41(51)57)69-23-4-1-5-24(20-23)70-34-15-13-30-38-26(34)7-3-9-28(38)40(56)52(42(30)58)68-72(65,66)36-17-11-22(44(48,49)50)19-32(36)54(61)62/h1-20H. The first kappa shape index (κ1) is 49.2. The van der Waals surface area contributed by atoms with Crippen LogP contribution in [-0.4, -0.2) is 60.4 Å². The summed E-state index contributed by atoms with van der Waals surface area (Å²) < 4.78 is 142. The minimum absolute atomic E-state index is 0.0338. The molecule has 2 aliphatic rings. The number of benzene rings is 7. The van der Waals surface area contributed by atoms with E-state index in [4.69, 9.17) is 8.57 Å². The summed E-state index contributed by atoms with van der Waals surface area (Å²) in [6.07, 6.45) is -10.2. The molecule has 0 N–H and O–H groups in total. The summed E-state index contributed by atoms with van der Waals surface area (Å²) in [6.45, 7) is 0. The Morgan fingerprint density at radius 2 is 0.819 bits per heavy atom. The Morgan fingerprint density at radius 1 is 0.472 bits per heavy atom. The first-order valence-electron chi connectivity index (χ1n) is 19.7. The van der Waals surface area contributed by atoms with Gasteiger partial charge in [0, 0.05) is 42.5 Å². The van der Waals surface area contributed by atoms with E-state index in [1.54, 1.807) is 36.4 Å². The number of nitrogens with zero attached hydrogens (tertiary/aromatic N) is 4. The molecule has 4 amide bonds. The molecule has 0 aliphatic carbocycles. The molecule has 7 aromatic carbocycles. The van der Waals surface area contributed by atoms with E-state index in [-0.39, 0.29) is 79.6 Å². The van der Waals surface area contributed by atoms with Crippen LogP contribution in [0.1, 0.15) is 52.6 Å². The number of nitro groups is 2. The molecule has 2 aliphatic heterocycles. The third kappa shape index (κ3) is 8.65. The number of imide groups is 2. The van der Waals surface area contributed by atoms with Crippen molar-refractivity contribution in [3.8, 4) is 0 Å². The molecule has 72 heavy (non-hydrogen) atoms. The van der Waals surface area contributed by atoms with Gasteiger partial charge in [0.1, 0.15) is 0 Å². The van der Waals surface area contributed by atoms with Crippen molar-refractivity contribution in [2.24, 2.45) is 0 Å². The maximum absolute atomic E-state index is 13.7. The minimum atomic E-state index is -5.49. The topological polar surface area (TPSA) is 248 Å². The molecule has 0 fully saturated rings. The second kappa shape index (κ2) is 17.5. The number of halogens is 6. The average Bonchev–Trinajstić information content (AvgIpc) is 3.32. The summed E-state index contributed by atoms with van der Waals surface area (Å²) in [4.78, 5) is 74.7. The van der Waals surface area contributed by atoms with Crippen LogP contribution in [0.25, 0.3) is 21.5 Å². The summed E-state index contributed by atoms with van der Waals surface area (Å²) in [5.74, 6) is -5.24. The van der Waals surface area contributed by atoms with E-state index in [0.29, 0.717) is 30.4 Å². The molecule has 0 radical (unpaired) electrons. The molecule has 0 saturated carbocycles. The lowest BCUT2D eigenvalue weighted by Crippen LogP contribution is -2.41. The lowest BCUT2D eigenvalue weighted by atomic mass is 9.95. The first-order chi connectivity index (χ1) is 33.8. The molecule has 0 spiro atoms. The average molecular weight is 1070 g/mol. The van der Waals surface area contributed by atoms with Crippen molar-refractivity contribution in [1.29, 1.82) is 0 Å². The van der Waals surface area contributed by atoms with Crippen molar-refractivity contribution >= 4 is 100 Å². The van der Waals surface area contributed by atoms with Crippen molar-refractivity contribution in [2.75, 3.05) is 0 Å². The van der Waals surface area contributed by atoms with Gasteiger partial charge in [-0.25, -0.2) is 0 Å². The van der Waals surface area contributed by atoms with Gasteiger partial charge in [-0.3, -0.25) is 39.4 Å². The van der Waals surface area contributed by atoms with Gasteiger partial charge < -0.3 is 0 Å². The highest BCUT2D eigenvalue weighted by Crippen LogP contribution is 2.44. The quantitative estimate of drug-likeness (QED) is 0.0478. The smallest absolute Gasteiger partial charge is 0.266 e. The van der Waals surface area contributed by atoms with Gasteiger partial charge in [-0.15, -0.1) is 18.7 Å². The fourth-order valence-electron chi connectivity index (χ4n) is 7.64. The number of hydrogen-bond acceptors (Lipinski definition) is 16. The van der Waals surface area contributed by atoms with Crippen LogP contribution in [0.5, 0.6) is 0 Å². The Balaban J connectivity index is 0.963. The second-order valence-corrected chi connectivity index (χ2v) is 20.3. The van der Waals surface area contributed by atoms with Crippen LogP contribution in [0.15, 0.2) is 151 Å². The largest absolute Gasteiger partial charge is 0.416 e. The summed E-state index contributed by atoms with van der Waals surface area (Å²) >= 11 is 2.35. The normalized spacial score (nSPS) is 14.1. The van der Waals surface area contributed by atoms with Gasteiger partial charge in [0.05, 0.1) is 43.2 Å². The zero-order chi connectivity index (χ0) is 52.0. The minimum Gasteiger partial charge on any atom is -0.266 e. The predicted octanol–water partition coefficient (Wildman–Crippen LogP) is 9.98. The summed E-state index contributed by atoms with van der Waals surface area (Å²) in [7, 11) is -11.0. The highest BCUT2D eigenvalue weighted by molar-refractivity contribution is 8.00. The maximum atomic E-state index is 13.7. The maximum Gasteiger partial charge on any atom is 0.416 e. The monoisotopic (exact) mass is 1070 g/mol. The Kier molecular flexibility index (Phi) is 12.0. The van der Waals surface area contributed by atoms with E-state index >= 15 is 0 Å². The van der Waals surface area contributed by atoms with Gasteiger partial charge in [-0.1, -0.05) is 53.9 Å². The molecule has 9 rings (SSSR count). The Morgan fingerprint density at radius 3 is 1.17 bits per heavy atom. The molecule has 2 heterocycles. The first-order valence-corrected chi connectivity index (χ1v) is 24.2. The molecule has 0 bridgehead atoms. The van der Waals surface area contributed by atoms with E-state index in [1.807, 2.05) is 0 Å². The fraction of sp³-hybridized carbons (Fsp3) is 0.0455. The number of carbonyl (C=O) groups is 4. The lowest BCUT2D eigenvalue weighted by Gasteiger charge is -2.26. The Bertz CT molecular complexity index is 3570. The highest BCUT2D eigenvalue weighted by Gasteiger charge is 2.43. The number of hydroxylamine groups is 4. The van der Waals surface area contributed by atoms with Crippen molar-refractivity contribution < 1.29 is 80.8 Å². The second-order valence-electron chi connectivity index (χ2n) is 15.1. The van der Waals surface area contributed by atoms with Crippen LogP contribution < -0.4 is 0 Å². The van der Waals surface area contributed by atoms with Crippen LogP contribution in [0.3, 0.4) is 0 Å². The number of rotatable bonds is 12. The molecular weight excluding hydrogens is 1050 g/mol. The predicted molar refractivity (Wildman–Crippen MR) is 236 cm³/mol. The summed E-state index contributed by atoms with van der Waals surface area (Å²) in [6, 6.07) is 21.8. The van der Waals surface area contributed by atoms with Crippen LogP contribution in [0.2, 0.25) is 0 Å². The molecule has 366 valence electrons. The number of amides is 4. The zero-order valence-electron chi connectivity index (χ0n) is 35.0. The number of nitro benzene ring substituents is 2. The molecule has 18 nitrogen and oxygen atoms in total. The van der Waals surface area contributed by atoms with Gasteiger partial charge in [0.15, 0.2) is 9.79 Å². The van der Waals surface area contributed by atoms with Crippen LogP contribution in [0.4, 0.5) is 37.7 Å². The van der Waals surface area contributed by atoms with Gasteiger partial charge >= 0.3 is 32.6 Å². The van der Waals surface area contributed by atoms with E-state index in [2.05, 4.69) is 0 Å². The third-order valence-electron chi connectivity index (χ3n) is 10.8. The van der Waals surface area contributed by atoms with Crippen molar-refractivity contribution in [3.05, 3.63) is 175 Å². The summed E-state index contributed by atoms with van der Waals surface area (Å²) in [5.41, 5.74) is -7.07. The van der Waals surface area contributed by atoms with E-state index in [1.165, 1.54) is 72.1 Å². The van der Waals surface area contributed by atoms with Gasteiger partial charge in [-0.05, 0) is 89.6 Å². The van der Waals surface area contributed by atoms with E-state index in [9.17, 15) is 82.6 Å². The number of hydrogen-bond donors (Lipinski definition) is 0. The number of carbonyl (C=O) groups excluding carboxylic acids is 4. The molecule has 0 atom stereocenters. The molecule has 0 unspecified atom stereocenters. The highest BCUT2D eigenvalue weighted by atomic mass is 32.2. The SMILES string of the molecule is O=C1c2cccc3c(Sc4cccc(Sc5ccc6c7c(cccc57)C(=O)N(OS(=O)(=O)c5ccc(C(F)(F)F)cc5[N+](=O)[O-])C6=O)c4)ccc(c23)C(=O)N1OS(=O)(=O)c1ccc(C(F)(F)F)cc1[N+](=O)[O-].